The summed E-state index contributed by atoms with van der Waals surface area (Å²) in [5.74, 6) is -0.544. The molecule has 0 radical (unpaired) electrons. The van der Waals surface area contributed by atoms with Crippen molar-refractivity contribution in [1.29, 1.82) is 0 Å². The molecule has 5 heteroatoms. The van der Waals surface area contributed by atoms with Crippen LogP contribution in [0.5, 0.6) is 0 Å². The van der Waals surface area contributed by atoms with Crippen molar-refractivity contribution in [2.75, 3.05) is 6.61 Å². The van der Waals surface area contributed by atoms with Crippen molar-refractivity contribution in [1.82, 2.24) is 0 Å². The van der Waals surface area contributed by atoms with Crippen molar-refractivity contribution in [3.8, 4) is 0 Å². The monoisotopic (exact) mass is 225 g/mol. The van der Waals surface area contributed by atoms with E-state index in [4.69, 9.17) is 10.8 Å². The van der Waals surface area contributed by atoms with Gasteiger partial charge in [0, 0.05) is 12.2 Å². The second-order valence-electron chi connectivity index (χ2n) is 3.51. The molecule has 2 unspecified atom stereocenters. The number of hydrogen-bond acceptors (Lipinski definition) is 4. The van der Waals surface area contributed by atoms with Gasteiger partial charge in [0.2, 0.25) is 5.91 Å². The maximum absolute atomic E-state index is 10.8. The van der Waals surface area contributed by atoms with Gasteiger partial charge in [-0.1, -0.05) is 12.1 Å². The van der Waals surface area contributed by atoms with E-state index in [-0.39, 0.29) is 13.0 Å². The van der Waals surface area contributed by atoms with Crippen LogP contribution in [-0.4, -0.2) is 33.9 Å². The molecule has 1 rings (SSSR count). The Kier molecular flexibility index (Phi) is 4.42. The predicted octanol–water partition coefficient (Wildman–Crippen LogP) is -0.438. The van der Waals surface area contributed by atoms with Crippen LogP contribution in [0.3, 0.4) is 0 Å². The molecule has 1 aromatic carbocycles. The number of aliphatic hydroxyl groups is 3. The molecule has 0 aliphatic heterocycles. The zero-order valence-electron chi connectivity index (χ0n) is 8.71. The van der Waals surface area contributed by atoms with E-state index in [2.05, 4.69) is 0 Å². The fourth-order valence-corrected chi connectivity index (χ4v) is 1.36. The van der Waals surface area contributed by atoms with Crippen LogP contribution in [0.1, 0.15) is 28.4 Å². The van der Waals surface area contributed by atoms with Gasteiger partial charge < -0.3 is 21.1 Å². The van der Waals surface area contributed by atoms with E-state index < -0.39 is 18.1 Å². The highest BCUT2D eigenvalue weighted by atomic mass is 16.3. The summed E-state index contributed by atoms with van der Waals surface area (Å²) in [5.41, 5.74) is 5.88. The maximum atomic E-state index is 10.8. The molecular formula is C11H15NO4. The third-order valence-electron chi connectivity index (χ3n) is 2.33. The molecule has 5 nitrogen and oxygen atoms in total. The number of rotatable bonds is 5. The Morgan fingerprint density at radius 2 is 1.81 bits per heavy atom. The van der Waals surface area contributed by atoms with Crippen LogP contribution in [0.2, 0.25) is 0 Å². The smallest absolute Gasteiger partial charge is 0.248 e. The molecule has 1 amide bonds. The van der Waals surface area contributed by atoms with Crippen molar-refractivity contribution >= 4 is 5.91 Å². The maximum Gasteiger partial charge on any atom is 0.248 e. The molecule has 16 heavy (non-hydrogen) atoms. The van der Waals surface area contributed by atoms with Gasteiger partial charge in [-0.3, -0.25) is 4.79 Å². The van der Waals surface area contributed by atoms with Gasteiger partial charge in [0.25, 0.3) is 0 Å². The molecule has 88 valence electrons. The molecule has 1 aromatic rings. The van der Waals surface area contributed by atoms with Crippen LogP contribution < -0.4 is 5.73 Å². The third-order valence-corrected chi connectivity index (χ3v) is 2.33. The number of carbonyl (C=O) groups is 1. The van der Waals surface area contributed by atoms with Crippen molar-refractivity contribution in [2.24, 2.45) is 5.73 Å². The summed E-state index contributed by atoms with van der Waals surface area (Å²) in [7, 11) is 0. The average molecular weight is 225 g/mol. The molecule has 0 bridgehead atoms. The van der Waals surface area contributed by atoms with Gasteiger partial charge >= 0.3 is 0 Å². The van der Waals surface area contributed by atoms with Gasteiger partial charge in [-0.2, -0.15) is 0 Å². The summed E-state index contributed by atoms with van der Waals surface area (Å²) < 4.78 is 0. The standard InChI is InChI=1S/C11H15NO4/c12-11(16)8-3-1-7(2-4-8)10(15)9(14)5-6-13/h1-4,9-10,13-15H,5-6H2,(H2,12,16). The van der Waals surface area contributed by atoms with Gasteiger partial charge in [-0.25, -0.2) is 0 Å². The van der Waals surface area contributed by atoms with Crippen LogP contribution >= 0.6 is 0 Å². The molecule has 0 aromatic heterocycles. The predicted molar refractivity (Wildman–Crippen MR) is 57.6 cm³/mol. The van der Waals surface area contributed by atoms with E-state index in [9.17, 15) is 15.0 Å². The zero-order valence-corrected chi connectivity index (χ0v) is 8.71. The Morgan fingerprint density at radius 1 is 1.25 bits per heavy atom. The van der Waals surface area contributed by atoms with E-state index in [0.29, 0.717) is 11.1 Å². The van der Waals surface area contributed by atoms with E-state index in [1.807, 2.05) is 0 Å². The lowest BCUT2D eigenvalue weighted by molar-refractivity contribution is 0.00421. The SMILES string of the molecule is NC(=O)c1ccc(C(O)C(O)CCO)cc1. The lowest BCUT2D eigenvalue weighted by atomic mass is 10.0. The molecule has 0 saturated heterocycles. The zero-order chi connectivity index (χ0) is 12.1. The Bertz CT molecular complexity index is 350. The largest absolute Gasteiger partial charge is 0.396 e. The topological polar surface area (TPSA) is 104 Å². The number of hydrogen-bond donors (Lipinski definition) is 4. The number of primary amides is 1. The van der Waals surface area contributed by atoms with E-state index in [1.165, 1.54) is 24.3 Å². The van der Waals surface area contributed by atoms with Gasteiger partial charge in [-0.15, -0.1) is 0 Å². The number of carbonyl (C=O) groups excluding carboxylic acids is 1. The molecule has 5 N–H and O–H groups in total. The fraction of sp³-hybridized carbons (Fsp3) is 0.364. The first-order chi connectivity index (χ1) is 7.56. The molecule has 0 aliphatic rings. The number of benzene rings is 1. The Labute approximate surface area is 93.1 Å². The summed E-state index contributed by atoms with van der Waals surface area (Å²) in [5, 5.41) is 27.7. The van der Waals surface area contributed by atoms with Crippen LogP contribution in [0, 0.1) is 0 Å². The van der Waals surface area contributed by atoms with E-state index in [1.54, 1.807) is 0 Å². The fourth-order valence-electron chi connectivity index (χ4n) is 1.36. The summed E-state index contributed by atoms with van der Waals surface area (Å²) in [6.45, 7) is -0.197. The minimum Gasteiger partial charge on any atom is -0.396 e. The molecule has 0 saturated carbocycles. The highest BCUT2D eigenvalue weighted by Crippen LogP contribution is 2.19. The van der Waals surface area contributed by atoms with Gasteiger partial charge in [0.1, 0.15) is 6.10 Å². The highest BCUT2D eigenvalue weighted by molar-refractivity contribution is 5.92. The van der Waals surface area contributed by atoms with Crippen LogP contribution in [-0.2, 0) is 0 Å². The van der Waals surface area contributed by atoms with Crippen molar-refractivity contribution in [3.63, 3.8) is 0 Å². The highest BCUT2D eigenvalue weighted by Gasteiger charge is 2.17. The minimum absolute atomic E-state index is 0.0960. The minimum atomic E-state index is -1.07. The van der Waals surface area contributed by atoms with Crippen LogP contribution in [0.4, 0.5) is 0 Å². The number of amides is 1. The summed E-state index contributed by atoms with van der Waals surface area (Å²) in [6.07, 6.45) is -2.00. The third kappa shape index (κ3) is 3.03. The van der Waals surface area contributed by atoms with Crippen molar-refractivity contribution < 1.29 is 20.1 Å². The number of aliphatic hydroxyl groups excluding tert-OH is 3. The molecular weight excluding hydrogens is 210 g/mol. The Morgan fingerprint density at radius 3 is 2.25 bits per heavy atom. The second-order valence-corrected chi connectivity index (χ2v) is 3.51. The van der Waals surface area contributed by atoms with Gasteiger partial charge in [-0.05, 0) is 24.1 Å². The summed E-state index contributed by atoms with van der Waals surface area (Å²) in [6, 6.07) is 6.00. The second kappa shape index (κ2) is 5.60. The lowest BCUT2D eigenvalue weighted by Crippen LogP contribution is -2.19. The van der Waals surface area contributed by atoms with Gasteiger partial charge in [0.05, 0.1) is 6.10 Å². The molecule has 2 atom stereocenters. The van der Waals surface area contributed by atoms with Crippen LogP contribution in [0.15, 0.2) is 24.3 Å². The first kappa shape index (κ1) is 12.6. The van der Waals surface area contributed by atoms with Gasteiger partial charge in [0.15, 0.2) is 0 Å². The quantitative estimate of drug-likeness (QED) is 0.545. The van der Waals surface area contributed by atoms with Crippen LogP contribution in [0.25, 0.3) is 0 Å². The Hall–Kier alpha value is -1.43. The first-order valence-corrected chi connectivity index (χ1v) is 4.93. The molecule has 0 fully saturated rings. The van der Waals surface area contributed by atoms with E-state index in [0.717, 1.165) is 0 Å². The molecule has 0 spiro atoms. The summed E-state index contributed by atoms with van der Waals surface area (Å²) >= 11 is 0. The molecule has 0 heterocycles. The lowest BCUT2D eigenvalue weighted by Gasteiger charge is -2.17. The molecule has 0 aliphatic carbocycles. The van der Waals surface area contributed by atoms with Crippen molar-refractivity contribution in [2.45, 2.75) is 18.6 Å². The normalized spacial score (nSPS) is 14.4. The van der Waals surface area contributed by atoms with Crippen molar-refractivity contribution in [3.05, 3.63) is 35.4 Å². The first-order valence-electron chi connectivity index (χ1n) is 4.93. The number of nitrogens with two attached hydrogens (primary N) is 1. The van der Waals surface area contributed by atoms with E-state index >= 15 is 0 Å². The average Bonchev–Trinajstić information content (AvgIpc) is 2.28. The summed E-state index contributed by atoms with van der Waals surface area (Å²) in [4.78, 5) is 10.8. The Balaban J connectivity index is 2.77.